The van der Waals surface area contributed by atoms with Crippen LogP contribution in [0.25, 0.3) is 22.2 Å². The molecule has 0 atom stereocenters. The van der Waals surface area contributed by atoms with Crippen molar-refractivity contribution in [3.05, 3.63) is 65.5 Å². The number of rotatable bonds is 9. The summed E-state index contributed by atoms with van der Waals surface area (Å²) in [6, 6.07) is 15.5. The standard InChI is InChI=1S/C36H44N4O2S2/c1-36(2,3)22-30-37-31-32(40(30)23-24-18-20-25(21-19-24)28-16-10-11-17-29(28)35(41)42)34(44-27-14-8-5-9-15-27)39-38-33(31)43-26-12-6-4-7-13-26/h10-11,16-21,26-27H,4-9,12-15,22-23H2,1-3H3,(H,41,42). The molecule has 6 nitrogen and oxygen atoms in total. The quantitative estimate of drug-likeness (QED) is 0.198. The van der Waals surface area contributed by atoms with Crippen LogP contribution in [0.4, 0.5) is 0 Å². The Kier molecular flexibility index (Phi) is 9.67. The molecule has 0 spiro atoms. The molecule has 6 rings (SSSR count). The fourth-order valence-electron chi connectivity index (χ4n) is 6.56. The van der Waals surface area contributed by atoms with Crippen molar-refractivity contribution >= 4 is 40.5 Å². The minimum atomic E-state index is -0.910. The van der Waals surface area contributed by atoms with E-state index in [0.29, 0.717) is 22.6 Å². The van der Waals surface area contributed by atoms with Crippen LogP contribution in [0.5, 0.6) is 0 Å². The molecule has 0 radical (unpaired) electrons. The predicted octanol–water partition coefficient (Wildman–Crippen LogP) is 9.68. The number of carbonyl (C=O) groups is 1. The molecule has 4 aromatic rings. The Morgan fingerprint density at radius 1 is 0.841 bits per heavy atom. The molecule has 0 unspecified atom stereocenters. The highest BCUT2D eigenvalue weighted by atomic mass is 32.2. The molecule has 2 aromatic heterocycles. The first kappa shape index (κ1) is 31.2. The molecule has 232 valence electrons. The summed E-state index contributed by atoms with van der Waals surface area (Å²) < 4.78 is 2.41. The van der Waals surface area contributed by atoms with E-state index in [4.69, 9.17) is 15.2 Å². The molecule has 44 heavy (non-hydrogen) atoms. The maximum Gasteiger partial charge on any atom is 0.336 e. The summed E-state index contributed by atoms with van der Waals surface area (Å²) in [6.07, 6.45) is 13.6. The molecule has 2 saturated carbocycles. The first-order valence-corrected chi connectivity index (χ1v) is 18.0. The summed E-state index contributed by atoms with van der Waals surface area (Å²) in [7, 11) is 0. The van der Waals surface area contributed by atoms with Gasteiger partial charge in [0.2, 0.25) is 0 Å². The Labute approximate surface area is 269 Å². The molecule has 2 aromatic carbocycles. The highest BCUT2D eigenvalue weighted by molar-refractivity contribution is 8.00. The van der Waals surface area contributed by atoms with Gasteiger partial charge >= 0.3 is 5.97 Å². The van der Waals surface area contributed by atoms with E-state index in [1.165, 1.54) is 64.2 Å². The van der Waals surface area contributed by atoms with E-state index < -0.39 is 5.97 Å². The SMILES string of the molecule is CC(C)(C)Cc1nc2c(SC3CCCCC3)nnc(SC3CCCCC3)c2n1Cc1ccc(-c2ccccc2C(=O)O)cc1. The van der Waals surface area contributed by atoms with Gasteiger partial charge in [0.05, 0.1) is 5.56 Å². The van der Waals surface area contributed by atoms with Crippen molar-refractivity contribution in [2.24, 2.45) is 5.41 Å². The van der Waals surface area contributed by atoms with Crippen LogP contribution in [0.3, 0.4) is 0 Å². The molecule has 0 amide bonds. The molecular weight excluding hydrogens is 585 g/mol. The van der Waals surface area contributed by atoms with Gasteiger partial charge in [-0.05, 0) is 53.9 Å². The van der Waals surface area contributed by atoms with E-state index in [0.717, 1.165) is 50.0 Å². The minimum absolute atomic E-state index is 0.0672. The van der Waals surface area contributed by atoms with Crippen molar-refractivity contribution in [3.63, 3.8) is 0 Å². The van der Waals surface area contributed by atoms with Crippen molar-refractivity contribution < 1.29 is 9.90 Å². The molecule has 2 heterocycles. The van der Waals surface area contributed by atoms with E-state index in [1.807, 2.05) is 47.8 Å². The predicted molar refractivity (Wildman–Crippen MR) is 182 cm³/mol. The summed E-state index contributed by atoms with van der Waals surface area (Å²) in [5, 5.41) is 22.7. The van der Waals surface area contributed by atoms with Gasteiger partial charge in [0, 0.05) is 23.5 Å². The second-order valence-corrected chi connectivity index (χ2v) is 16.2. The van der Waals surface area contributed by atoms with Crippen LogP contribution in [0.1, 0.15) is 107 Å². The van der Waals surface area contributed by atoms with Crippen LogP contribution >= 0.6 is 23.5 Å². The molecule has 0 aliphatic heterocycles. The zero-order chi connectivity index (χ0) is 30.7. The number of aromatic carboxylic acids is 1. The number of aromatic nitrogens is 4. The van der Waals surface area contributed by atoms with Gasteiger partial charge in [-0.2, -0.15) is 0 Å². The topological polar surface area (TPSA) is 80.9 Å². The Balaban J connectivity index is 1.41. The molecule has 1 N–H and O–H groups in total. The summed E-state index contributed by atoms with van der Waals surface area (Å²) in [5.41, 5.74) is 5.33. The third kappa shape index (κ3) is 7.34. The second-order valence-electron chi connectivity index (χ2n) is 13.7. The maximum atomic E-state index is 11.9. The van der Waals surface area contributed by atoms with Crippen molar-refractivity contribution in [2.75, 3.05) is 0 Å². The van der Waals surface area contributed by atoms with Gasteiger partial charge in [-0.3, -0.25) is 0 Å². The van der Waals surface area contributed by atoms with Crippen LogP contribution < -0.4 is 0 Å². The van der Waals surface area contributed by atoms with Crippen LogP contribution in [0.2, 0.25) is 0 Å². The largest absolute Gasteiger partial charge is 0.478 e. The van der Waals surface area contributed by atoms with Gasteiger partial charge in [0.1, 0.15) is 26.9 Å². The average Bonchev–Trinajstić information content (AvgIpc) is 3.36. The maximum absolute atomic E-state index is 11.9. The normalized spacial score (nSPS) is 16.9. The van der Waals surface area contributed by atoms with Gasteiger partial charge in [0.25, 0.3) is 0 Å². The second kappa shape index (κ2) is 13.7. The molecule has 2 fully saturated rings. The Hall–Kier alpha value is -2.84. The van der Waals surface area contributed by atoms with Gasteiger partial charge in [0.15, 0.2) is 0 Å². The number of hydrogen-bond donors (Lipinski definition) is 1. The molecule has 0 bridgehead atoms. The third-order valence-electron chi connectivity index (χ3n) is 8.80. The lowest BCUT2D eigenvalue weighted by molar-refractivity contribution is 0.0697. The highest BCUT2D eigenvalue weighted by Crippen LogP contribution is 2.41. The Morgan fingerprint density at radius 3 is 2.05 bits per heavy atom. The lowest BCUT2D eigenvalue weighted by Gasteiger charge is -2.22. The fraction of sp³-hybridized carbons (Fsp3) is 0.500. The van der Waals surface area contributed by atoms with Gasteiger partial charge in [-0.25, -0.2) is 9.78 Å². The van der Waals surface area contributed by atoms with Crippen LogP contribution in [-0.4, -0.2) is 41.3 Å². The fourth-order valence-corrected chi connectivity index (χ4v) is 9.08. The number of carboxylic acid groups (broad SMARTS) is 1. The van der Waals surface area contributed by atoms with Gasteiger partial charge in [-0.15, -0.1) is 10.2 Å². The van der Waals surface area contributed by atoms with E-state index >= 15 is 0 Å². The number of imidazole rings is 1. The first-order valence-electron chi connectivity index (χ1n) is 16.3. The minimum Gasteiger partial charge on any atom is -0.478 e. The van der Waals surface area contributed by atoms with Crippen molar-refractivity contribution in [2.45, 2.75) is 118 Å². The Bertz CT molecular complexity index is 1600. The Morgan fingerprint density at radius 2 is 1.43 bits per heavy atom. The number of benzene rings is 2. The summed E-state index contributed by atoms with van der Waals surface area (Å²) in [5.74, 6) is 0.172. The molecule has 2 aliphatic carbocycles. The number of hydrogen-bond acceptors (Lipinski definition) is 6. The lowest BCUT2D eigenvalue weighted by atomic mass is 9.92. The summed E-state index contributed by atoms with van der Waals surface area (Å²) >= 11 is 3.80. The van der Waals surface area contributed by atoms with Crippen molar-refractivity contribution in [1.82, 2.24) is 19.7 Å². The van der Waals surface area contributed by atoms with E-state index in [-0.39, 0.29) is 5.41 Å². The van der Waals surface area contributed by atoms with Gasteiger partial charge in [-0.1, -0.05) is 125 Å². The third-order valence-corrected chi connectivity index (χ3v) is 11.4. The summed E-state index contributed by atoms with van der Waals surface area (Å²) in [4.78, 5) is 17.2. The average molecular weight is 629 g/mol. The number of thioether (sulfide) groups is 2. The summed E-state index contributed by atoms with van der Waals surface area (Å²) in [6.45, 7) is 7.51. The zero-order valence-corrected chi connectivity index (χ0v) is 27.9. The van der Waals surface area contributed by atoms with Gasteiger partial charge < -0.3 is 9.67 Å². The molecule has 0 saturated heterocycles. The molecule has 8 heteroatoms. The number of carboxylic acids is 1. The number of fused-ring (bicyclic) bond motifs is 1. The van der Waals surface area contributed by atoms with Crippen LogP contribution in [0, 0.1) is 5.41 Å². The molecule has 2 aliphatic rings. The van der Waals surface area contributed by atoms with E-state index in [2.05, 4.69) is 37.5 Å². The zero-order valence-electron chi connectivity index (χ0n) is 26.2. The van der Waals surface area contributed by atoms with Crippen LogP contribution in [-0.2, 0) is 13.0 Å². The van der Waals surface area contributed by atoms with Crippen molar-refractivity contribution in [3.8, 4) is 11.1 Å². The van der Waals surface area contributed by atoms with Crippen LogP contribution in [0.15, 0.2) is 58.6 Å². The number of nitrogens with zero attached hydrogens (tertiary/aromatic N) is 4. The first-order chi connectivity index (χ1) is 21.2. The van der Waals surface area contributed by atoms with Crippen molar-refractivity contribution in [1.29, 1.82) is 0 Å². The molecular formula is C36H44N4O2S2. The van der Waals surface area contributed by atoms with E-state index in [1.54, 1.807) is 12.1 Å². The monoisotopic (exact) mass is 628 g/mol. The lowest BCUT2D eigenvalue weighted by Crippen LogP contribution is -2.15. The van der Waals surface area contributed by atoms with E-state index in [9.17, 15) is 9.90 Å². The smallest absolute Gasteiger partial charge is 0.336 e. The highest BCUT2D eigenvalue weighted by Gasteiger charge is 2.27.